The number of nitrogens with zero attached hydrogens (tertiary/aromatic N) is 2. The number of piperazine rings is 1. The number of thiophene rings is 1. The maximum Gasteiger partial charge on any atom is 0.335 e. The Kier molecular flexibility index (Phi) is 6.19. The number of carboxylic acids is 1. The molecule has 2 aromatic carbocycles. The Labute approximate surface area is 202 Å². The first-order valence-corrected chi connectivity index (χ1v) is 12.1. The van der Waals surface area contributed by atoms with Gasteiger partial charge in [0, 0.05) is 60.6 Å². The van der Waals surface area contributed by atoms with Crippen LogP contribution in [0, 0.1) is 0 Å². The number of aromatic carboxylic acids is 1. The van der Waals surface area contributed by atoms with Crippen LogP contribution >= 0.6 is 11.3 Å². The molecule has 0 unspecified atom stereocenters. The minimum absolute atomic E-state index is 0.145. The third-order valence-electron chi connectivity index (χ3n) is 6.27. The van der Waals surface area contributed by atoms with E-state index in [9.17, 15) is 14.7 Å². The maximum absolute atomic E-state index is 13.0. The van der Waals surface area contributed by atoms with E-state index < -0.39 is 5.97 Å². The van der Waals surface area contributed by atoms with Crippen LogP contribution in [0.25, 0.3) is 11.3 Å². The highest BCUT2D eigenvalue weighted by Gasteiger charge is 2.29. The van der Waals surface area contributed by atoms with Crippen molar-refractivity contribution in [1.82, 2.24) is 9.80 Å². The smallest absolute Gasteiger partial charge is 0.335 e. The van der Waals surface area contributed by atoms with Crippen molar-refractivity contribution in [2.75, 3.05) is 43.9 Å². The van der Waals surface area contributed by atoms with Gasteiger partial charge in [-0.15, -0.1) is 0 Å². The number of hydrogen-bond acceptors (Lipinski definition) is 6. The Hall–Kier alpha value is -3.46. The minimum atomic E-state index is -1.02. The van der Waals surface area contributed by atoms with Gasteiger partial charge >= 0.3 is 5.97 Å². The number of amides is 1. The van der Waals surface area contributed by atoms with Gasteiger partial charge in [-0.1, -0.05) is 12.1 Å². The summed E-state index contributed by atoms with van der Waals surface area (Å²) in [6.07, 6.45) is 0. The lowest BCUT2D eigenvalue weighted by atomic mass is 9.99. The van der Waals surface area contributed by atoms with Gasteiger partial charge in [-0.05, 0) is 54.4 Å². The van der Waals surface area contributed by atoms with E-state index in [0.29, 0.717) is 22.5 Å². The number of carbonyl (C=O) groups excluding carboxylic acids is 1. The van der Waals surface area contributed by atoms with Crippen molar-refractivity contribution in [1.29, 1.82) is 0 Å². The van der Waals surface area contributed by atoms with E-state index in [1.54, 1.807) is 23.5 Å². The van der Waals surface area contributed by atoms with Crippen molar-refractivity contribution in [3.63, 3.8) is 0 Å². The molecule has 174 valence electrons. The molecule has 0 bridgehead atoms. The summed E-state index contributed by atoms with van der Waals surface area (Å²) in [5, 5.41) is 19.8. The van der Waals surface area contributed by atoms with Gasteiger partial charge in [-0.3, -0.25) is 9.69 Å². The van der Waals surface area contributed by atoms with Crippen LogP contribution < -0.4 is 10.6 Å². The molecule has 2 aliphatic rings. The summed E-state index contributed by atoms with van der Waals surface area (Å²) < 4.78 is 0. The lowest BCUT2D eigenvalue weighted by Crippen LogP contribution is -2.43. The zero-order valence-electron chi connectivity index (χ0n) is 18.9. The van der Waals surface area contributed by atoms with Gasteiger partial charge in [0.1, 0.15) is 0 Å². The fourth-order valence-corrected chi connectivity index (χ4v) is 5.04. The number of anilines is 2. The summed E-state index contributed by atoms with van der Waals surface area (Å²) in [4.78, 5) is 29.4. The Morgan fingerprint density at radius 3 is 2.65 bits per heavy atom. The molecule has 3 heterocycles. The summed E-state index contributed by atoms with van der Waals surface area (Å²) in [5.41, 5.74) is 5.43. The minimum Gasteiger partial charge on any atom is -0.478 e. The number of benzene rings is 2. The van der Waals surface area contributed by atoms with Gasteiger partial charge in [-0.2, -0.15) is 11.3 Å². The van der Waals surface area contributed by atoms with Crippen LogP contribution in [0.15, 0.2) is 59.3 Å². The van der Waals surface area contributed by atoms with E-state index in [1.165, 1.54) is 11.6 Å². The average molecular weight is 475 g/mol. The molecule has 5 rings (SSSR count). The standard InChI is InChI=1S/C26H26N4O3S/c1-29-8-10-30(11-9-29)15-17-3-2-4-20(13-17)27-24(19-7-12-34-16-19)23-21-14-18(26(32)33)5-6-22(21)28-25(23)31/h2-7,12-14,16,27H,8-11,15H2,1H3,(H,28,31)(H,32,33)/b24-23-. The topological polar surface area (TPSA) is 84.9 Å². The van der Waals surface area contributed by atoms with Crippen molar-refractivity contribution in [2.24, 2.45) is 0 Å². The van der Waals surface area contributed by atoms with Crippen LogP contribution in [0.1, 0.15) is 27.0 Å². The molecule has 8 heteroatoms. The van der Waals surface area contributed by atoms with Gasteiger partial charge in [0.05, 0.1) is 16.8 Å². The molecule has 2 aliphatic heterocycles. The molecule has 1 saturated heterocycles. The molecule has 7 nitrogen and oxygen atoms in total. The van der Waals surface area contributed by atoms with Gasteiger partial charge < -0.3 is 20.6 Å². The molecule has 0 saturated carbocycles. The zero-order chi connectivity index (χ0) is 23.7. The van der Waals surface area contributed by atoms with Gasteiger partial charge in [0.2, 0.25) is 0 Å². The number of hydrogen-bond donors (Lipinski definition) is 3. The van der Waals surface area contributed by atoms with Crippen molar-refractivity contribution in [3.8, 4) is 0 Å². The monoisotopic (exact) mass is 474 g/mol. The molecular formula is C26H26N4O3S. The number of carbonyl (C=O) groups is 2. The van der Waals surface area contributed by atoms with Crippen LogP contribution in [0.4, 0.5) is 11.4 Å². The predicted molar refractivity (Wildman–Crippen MR) is 136 cm³/mol. The van der Waals surface area contributed by atoms with Crippen molar-refractivity contribution in [3.05, 3.63) is 81.5 Å². The molecule has 3 N–H and O–H groups in total. The van der Waals surface area contributed by atoms with Crippen LogP contribution in [-0.4, -0.2) is 60.0 Å². The third kappa shape index (κ3) is 4.61. The van der Waals surface area contributed by atoms with E-state index in [0.717, 1.165) is 44.0 Å². The number of fused-ring (bicyclic) bond motifs is 1. The van der Waals surface area contributed by atoms with E-state index in [1.807, 2.05) is 29.0 Å². The highest BCUT2D eigenvalue weighted by Crippen LogP contribution is 2.38. The fourth-order valence-electron chi connectivity index (χ4n) is 4.39. The summed E-state index contributed by atoms with van der Waals surface area (Å²) in [5.74, 6) is -1.28. The normalized spacial score (nSPS) is 17.9. The molecule has 34 heavy (non-hydrogen) atoms. The number of likely N-dealkylation sites (N-methyl/N-ethyl adjacent to an activating group) is 1. The second-order valence-corrected chi connectivity index (χ2v) is 9.47. The third-order valence-corrected chi connectivity index (χ3v) is 6.95. The fraction of sp³-hybridized carbons (Fsp3) is 0.231. The molecule has 1 amide bonds. The van der Waals surface area contributed by atoms with E-state index >= 15 is 0 Å². The molecule has 0 spiro atoms. The Balaban J connectivity index is 1.50. The highest BCUT2D eigenvalue weighted by molar-refractivity contribution is 7.08. The van der Waals surface area contributed by atoms with Gasteiger partial charge in [0.15, 0.2) is 0 Å². The Bertz CT molecular complexity index is 1260. The van der Waals surface area contributed by atoms with Gasteiger partial charge in [0.25, 0.3) is 5.91 Å². The summed E-state index contributed by atoms with van der Waals surface area (Å²) in [6.45, 7) is 5.10. The summed E-state index contributed by atoms with van der Waals surface area (Å²) >= 11 is 1.54. The summed E-state index contributed by atoms with van der Waals surface area (Å²) in [6, 6.07) is 14.9. The number of nitrogens with one attached hydrogen (secondary N) is 2. The molecule has 3 aromatic rings. The lowest BCUT2D eigenvalue weighted by Gasteiger charge is -2.32. The van der Waals surface area contributed by atoms with Crippen molar-refractivity contribution < 1.29 is 14.7 Å². The molecule has 1 aromatic heterocycles. The second kappa shape index (κ2) is 9.42. The maximum atomic E-state index is 13.0. The van der Waals surface area contributed by atoms with Crippen molar-refractivity contribution in [2.45, 2.75) is 6.54 Å². The first-order valence-electron chi connectivity index (χ1n) is 11.2. The lowest BCUT2D eigenvalue weighted by molar-refractivity contribution is -0.110. The van der Waals surface area contributed by atoms with Crippen molar-refractivity contribution >= 4 is 45.9 Å². The number of rotatable bonds is 6. The molecule has 0 aliphatic carbocycles. The largest absolute Gasteiger partial charge is 0.478 e. The van der Waals surface area contributed by atoms with E-state index in [-0.39, 0.29) is 11.5 Å². The van der Waals surface area contributed by atoms with Crippen LogP contribution in [0.2, 0.25) is 0 Å². The van der Waals surface area contributed by atoms with E-state index in [2.05, 4.69) is 39.6 Å². The zero-order valence-corrected chi connectivity index (χ0v) is 19.7. The molecule has 0 atom stereocenters. The first-order chi connectivity index (χ1) is 16.5. The van der Waals surface area contributed by atoms with Crippen LogP contribution in [0.3, 0.4) is 0 Å². The van der Waals surface area contributed by atoms with Crippen LogP contribution in [-0.2, 0) is 11.3 Å². The quantitative estimate of drug-likeness (QED) is 0.466. The molecule has 0 radical (unpaired) electrons. The Morgan fingerprint density at radius 1 is 1.09 bits per heavy atom. The van der Waals surface area contributed by atoms with Crippen LogP contribution in [0.5, 0.6) is 0 Å². The SMILES string of the molecule is CN1CCN(Cc2cccc(N/C(=C3\C(=O)Nc4ccc(C(=O)O)cc43)c3ccsc3)c2)CC1. The number of carboxylic acid groups (broad SMARTS) is 1. The van der Waals surface area contributed by atoms with Gasteiger partial charge in [-0.25, -0.2) is 4.79 Å². The Morgan fingerprint density at radius 2 is 1.91 bits per heavy atom. The summed E-state index contributed by atoms with van der Waals surface area (Å²) in [7, 11) is 2.15. The molecule has 1 fully saturated rings. The average Bonchev–Trinajstić information content (AvgIpc) is 3.46. The molecular weight excluding hydrogens is 448 g/mol. The second-order valence-electron chi connectivity index (χ2n) is 8.69. The highest BCUT2D eigenvalue weighted by atomic mass is 32.1. The predicted octanol–water partition coefficient (Wildman–Crippen LogP) is 4.13. The first kappa shape index (κ1) is 22.3. The van der Waals surface area contributed by atoms with E-state index in [4.69, 9.17) is 0 Å².